The van der Waals surface area contributed by atoms with Gasteiger partial charge in [0.05, 0.1) is 0 Å². The molecule has 1 aromatic heterocycles. The molecular weight excluding hydrogens is 348 g/mol. The molecule has 26 heavy (non-hydrogen) atoms. The van der Waals surface area contributed by atoms with Crippen LogP contribution in [0, 0.1) is 5.92 Å². The van der Waals surface area contributed by atoms with Crippen LogP contribution in [0.2, 0.25) is 0 Å². The number of nitrogens with one attached hydrogen (secondary N) is 2. The fourth-order valence-electron chi connectivity index (χ4n) is 3.30. The van der Waals surface area contributed by atoms with Gasteiger partial charge >= 0.3 is 0 Å². The lowest BCUT2D eigenvalue weighted by molar-refractivity contribution is -0.117. The standard InChI is InChI=1S/C19H22N4O2S/c24-16(12-9-10-12)20-15-8-4-7-14(11-15)17(25)21-19-23-22-18(26-19)13-5-2-1-3-6-13/h4,7-8,11-13H,1-3,5-6,9-10H2,(H,20,24)(H,21,23,25). The molecule has 7 heteroatoms. The van der Waals surface area contributed by atoms with Crippen LogP contribution in [0.5, 0.6) is 0 Å². The van der Waals surface area contributed by atoms with E-state index >= 15 is 0 Å². The lowest BCUT2D eigenvalue weighted by Crippen LogP contribution is -2.15. The average Bonchev–Trinajstić information content (AvgIpc) is 3.42. The zero-order chi connectivity index (χ0) is 17.9. The summed E-state index contributed by atoms with van der Waals surface area (Å²) in [5, 5.41) is 15.6. The maximum Gasteiger partial charge on any atom is 0.257 e. The van der Waals surface area contributed by atoms with E-state index in [0.29, 0.717) is 22.3 Å². The second-order valence-corrected chi connectivity index (χ2v) is 8.09. The number of benzene rings is 1. The van der Waals surface area contributed by atoms with Crippen molar-refractivity contribution in [1.82, 2.24) is 10.2 Å². The predicted octanol–water partition coefficient (Wildman–Crippen LogP) is 4.19. The monoisotopic (exact) mass is 370 g/mol. The van der Waals surface area contributed by atoms with Crippen LogP contribution in [-0.4, -0.2) is 22.0 Å². The van der Waals surface area contributed by atoms with Crippen LogP contribution in [-0.2, 0) is 4.79 Å². The number of rotatable bonds is 5. The van der Waals surface area contributed by atoms with Gasteiger partial charge in [0.2, 0.25) is 11.0 Å². The lowest BCUT2D eigenvalue weighted by atomic mass is 9.90. The zero-order valence-electron chi connectivity index (χ0n) is 14.5. The highest BCUT2D eigenvalue weighted by molar-refractivity contribution is 7.15. The van der Waals surface area contributed by atoms with Crippen LogP contribution in [0.25, 0.3) is 0 Å². The summed E-state index contributed by atoms with van der Waals surface area (Å²) in [5.41, 5.74) is 1.14. The largest absolute Gasteiger partial charge is 0.326 e. The highest BCUT2D eigenvalue weighted by Crippen LogP contribution is 2.35. The lowest BCUT2D eigenvalue weighted by Gasteiger charge is -2.18. The molecule has 2 aromatic rings. The van der Waals surface area contributed by atoms with Crippen molar-refractivity contribution in [3.8, 4) is 0 Å². The molecule has 1 heterocycles. The normalized spacial score (nSPS) is 17.7. The molecule has 136 valence electrons. The van der Waals surface area contributed by atoms with Gasteiger partial charge in [-0.3, -0.25) is 14.9 Å². The van der Waals surface area contributed by atoms with Crippen molar-refractivity contribution in [2.24, 2.45) is 5.92 Å². The number of hydrogen-bond acceptors (Lipinski definition) is 5. The van der Waals surface area contributed by atoms with Crippen molar-refractivity contribution in [3.05, 3.63) is 34.8 Å². The first kappa shape index (κ1) is 17.1. The molecule has 2 N–H and O–H groups in total. The summed E-state index contributed by atoms with van der Waals surface area (Å²) in [5.74, 6) is 0.405. The van der Waals surface area contributed by atoms with Crippen molar-refractivity contribution in [3.63, 3.8) is 0 Å². The number of nitrogens with zero attached hydrogens (tertiary/aromatic N) is 2. The van der Waals surface area contributed by atoms with Crippen LogP contribution in [0.3, 0.4) is 0 Å². The summed E-state index contributed by atoms with van der Waals surface area (Å²) >= 11 is 1.47. The summed E-state index contributed by atoms with van der Waals surface area (Å²) in [4.78, 5) is 24.4. The minimum absolute atomic E-state index is 0.0313. The third-order valence-electron chi connectivity index (χ3n) is 4.96. The summed E-state index contributed by atoms with van der Waals surface area (Å²) in [6, 6.07) is 6.98. The first-order chi connectivity index (χ1) is 12.7. The maximum atomic E-state index is 12.5. The van der Waals surface area contributed by atoms with E-state index < -0.39 is 0 Å². The van der Waals surface area contributed by atoms with Crippen molar-refractivity contribution < 1.29 is 9.59 Å². The average molecular weight is 370 g/mol. The first-order valence-corrected chi connectivity index (χ1v) is 10.1. The van der Waals surface area contributed by atoms with Crippen LogP contribution in [0.15, 0.2) is 24.3 Å². The molecule has 2 aliphatic rings. The Morgan fingerprint density at radius 2 is 1.81 bits per heavy atom. The Hall–Kier alpha value is -2.28. The Morgan fingerprint density at radius 1 is 1.00 bits per heavy atom. The summed E-state index contributed by atoms with van der Waals surface area (Å²) < 4.78 is 0. The third kappa shape index (κ3) is 4.09. The maximum absolute atomic E-state index is 12.5. The quantitative estimate of drug-likeness (QED) is 0.827. The molecule has 4 rings (SSSR count). The molecule has 2 amide bonds. The Labute approximate surface area is 156 Å². The number of aromatic nitrogens is 2. The molecular formula is C19H22N4O2S. The van der Waals surface area contributed by atoms with E-state index in [9.17, 15) is 9.59 Å². The summed E-state index contributed by atoms with van der Waals surface area (Å²) in [6.07, 6.45) is 8.00. The molecule has 6 nitrogen and oxygen atoms in total. The molecule has 2 fully saturated rings. The molecule has 0 radical (unpaired) electrons. The second-order valence-electron chi connectivity index (χ2n) is 7.08. The highest BCUT2D eigenvalue weighted by Gasteiger charge is 2.29. The minimum Gasteiger partial charge on any atom is -0.326 e. The van der Waals surface area contributed by atoms with Crippen LogP contribution in [0.1, 0.15) is 66.2 Å². The number of anilines is 2. The Morgan fingerprint density at radius 3 is 2.58 bits per heavy atom. The molecule has 1 aromatic carbocycles. The second kappa shape index (κ2) is 7.53. The molecule has 0 bridgehead atoms. The van der Waals surface area contributed by atoms with E-state index in [1.54, 1.807) is 24.3 Å². The molecule has 0 saturated heterocycles. The summed E-state index contributed by atoms with van der Waals surface area (Å²) in [7, 11) is 0. The van der Waals surface area contributed by atoms with Crippen molar-refractivity contribution in [2.75, 3.05) is 10.6 Å². The van der Waals surface area contributed by atoms with Crippen molar-refractivity contribution in [1.29, 1.82) is 0 Å². The van der Waals surface area contributed by atoms with Crippen molar-refractivity contribution >= 4 is 34.0 Å². The van der Waals surface area contributed by atoms with Gasteiger partial charge in [-0.1, -0.05) is 36.7 Å². The molecule has 0 unspecified atom stereocenters. The zero-order valence-corrected chi connectivity index (χ0v) is 15.3. The molecule has 0 spiro atoms. The van der Waals surface area contributed by atoms with Gasteiger partial charge in [0.25, 0.3) is 5.91 Å². The number of hydrogen-bond donors (Lipinski definition) is 2. The smallest absolute Gasteiger partial charge is 0.257 e. The van der Waals surface area contributed by atoms with E-state index in [1.807, 2.05) is 0 Å². The third-order valence-corrected chi connectivity index (χ3v) is 5.96. The van der Waals surface area contributed by atoms with Gasteiger partial charge in [-0.25, -0.2) is 0 Å². The predicted molar refractivity (Wildman–Crippen MR) is 101 cm³/mol. The van der Waals surface area contributed by atoms with Crippen LogP contribution in [0.4, 0.5) is 10.8 Å². The van der Waals surface area contributed by atoms with E-state index in [-0.39, 0.29) is 17.7 Å². The van der Waals surface area contributed by atoms with Gasteiger partial charge in [0.15, 0.2) is 0 Å². The van der Waals surface area contributed by atoms with Gasteiger partial charge in [0, 0.05) is 23.1 Å². The Kier molecular flexibility index (Phi) is 4.97. The fraction of sp³-hybridized carbons (Fsp3) is 0.474. The SMILES string of the molecule is O=C(Nc1nnc(C2CCCCC2)s1)c1cccc(NC(=O)C2CC2)c1. The van der Waals surface area contributed by atoms with Crippen LogP contribution < -0.4 is 10.6 Å². The van der Waals surface area contributed by atoms with Gasteiger partial charge in [-0.05, 0) is 43.9 Å². The van der Waals surface area contributed by atoms with E-state index in [4.69, 9.17) is 0 Å². The van der Waals surface area contributed by atoms with Gasteiger partial charge in [-0.2, -0.15) is 0 Å². The highest BCUT2D eigenvalue weighted by atomic mass is 32.1. The molecule has 0 atom stereocenters. The molecule has 2 aliphatic carbocycles. The van der Waals surface area contributed by atoms with Crippen LogP contribution >= 0.6 is 11.3 Å². The topological polar surface area (TPSA) is 84.0 Å². The van der Waals surface area contributed by atoms with Crippen molar-refractivity contribution in [2.45, 2.75) is 50.9 Å². The minimum atomic E-state index is -0.237. The van der Waals surface area contributed by atoms with E-state index in [2.05, 4.69) is 20.8 Å². The van der Waals surface area contributed by atoms with Gasteiger partial charge in [0.1, 0.15) is 5.01 Å². The number of carbonyl (C=O) groups excluding carboxylic acids is 2. The van der Waals surface area contributed by atoms with Gasteiger partial charge < -0.3 is 5.32 Å². The first-order valence-electron chi connectivity index (χ1n) is 9.25. The van der Waals surface area contributed by atoms with Gasteiger partial charge in [-0.15, -0.1) is 10.2 Å². The number of amides is 2. The fourth-order valence-corrected chi connectivity index (χ4v) is 4.20. The van der Waals surface area contributed by atoms with E-state index in [0.717, 1.165) is 30.7 Å². The Balaban J connectivity index is 1.40. The molecule has 0 aliphatic heterocycles. The Bertz CT molecular complexity index is 809. The van der Waals surface area contributed by atoms with E-state index in [1.165, 1.54) is 30.6 Å². The molecule has 2 saturated carbocycles. The number of carbonyl (C=O) groups is 2. The summed E-state index contributed by atoms with van der Waals surface area (Å²) in [6.45, 7) is 0.